The third kappa shape index (κ3) is 5.73. The number of nitrogens with zero attached hydrogens (tertiary/aromatic N) is 2. The summed E-state index contributed by atoms with van der Waals surface area (Å²) in [5, 5.41) is 3.58. The largest absolute Gasteiger partial charge is 0.495 e. The topological polar surface area (TPSA) is 88.1 Å². The van der Waals surface area contributed by atoms with Crippen LogP contribution < -0.4 is 14.5 Å². The van der Waals surface area contributed by atoms with Crippen molar-refractivity contribution < 1.29 is 31.1 Å². The molecule has 3 rings (SSSR count). The first-order valence-corrected chi connectivity index (χ1v) is 11.3. The van der Waals surface area contributed by atoms with Crippen LogP contribution in [0.25, 0.3) is 0 Å². The second-order valence-electron chi connectivity index (χ2n) is 6.87. The van der Waals surface area contributed by atoms with Crippen LogP contribution in [-0.2, 0) is 21.0 Å². The molecule has 1 amide bonds. The number of benzene rings is 3. The summed E-state index contributed by atoms with van der Waals surface area (Å²) in [6.45, 7) is -0.699. The van der Waals surface area contributed by atoms with Gasteiger partial charge in [-0.25, -0.2) is 13.8 Å². The normalized spacial score (nSPS) is 11.9. The Hall–Kier alpha value is -3.86. The average molecular weight is 491 g/mol. The second kappa shape index (κ2) is 10.4. The van der Waals surface area contributed by atoms with Gasteiger partial charge in [0.15, 0.2) is 0 Å². The fourth-order valence-corrected chi connectivity index (χ4v) is 4.52. The molecule has 11 heteroatoms. The van der Waals surface area contributed by atoms with E-state index in [0.717, 1.165) is 16.6 Å². The van der Waals surface area contributed by atoms with Crippen LogP contribution in [0.1, 0.15) is 11.1 Å². The zero-order valence-corrected chi connectivity index (χ0v) is 18.7. The Morgan fingerprint density at radius 3 is 2.29 bits per heavy atom. The molecule has 0 saturated heterocycles. The van der Waals surface area contributed by atoms with E-state index in [-0.39, 0.29) is 21.9 Å². The van der Waals surface area contributed by atoms with Crippen molar-refractivity contribution in [3.63, 3.8) is 0 Å². The van der Waals surface area contributed by atoms with E-state index in [1.54, 1.807) is 18.2 Å². The highest BCUT2D eigenvalue weighted by Crippen LogP contribution is 2.32. The monoisotopic (exact) mass is 491 g/mol. The lowest BCUT2D eigenvalue weighted by Gasteiger charge is -2.25. The third-order valence-electron chi connectivity index (χ3n) is 4.63. The summed E-state index contributed by atoms with van der Waals surface area (Å²) in [6, 6.07) is 18.4. The van der Waals surface area contributed by atoms with E-state index < -0.39 is 34.2 Å². The number of nitrogens with one attached hydrogen (secondary N) is 1. The third-order valence-corrected chi connectivity index (χ3v) is 6.41. The summed E-state index contributed by atoms with van der Waals surface area (Å²) in [5.41, 5.74) is 1.02. The number of rotatable bonds is 8. The highest BCUT2D eigenvalue weighted by atomic mass is 32.2. The average Bonchev–Trinajstić information content (AvgIpc) is 2.82. The molecular formula is C23H20F3N3O4S. The van der Waals surface area contributed by atoms with Gasteiger partial charge in [-0.15, -0.1) is 0 Å². The van der Waals surface area contributed by atoms with Crippen LogP contribution in [0.4, 0.5) is 18.9 Å². The Kier molecular flexibility index (Phi) is 7.57. The van der Waals surface area contributed by atoms with Gasteiger partial charge in [0.05, 0.1) is 29.5 Å². The molecule has 3 aromatic carbocycles. The maximum Gasteiger partial charge on any atom is 0.417 e. The van der Waals surface area contributed by atoms with Crippen LogP contribution in [0.3, 0.4) is 0 Å². The number of hydrazone groups is 1. The molecule has 7 nitrogen and oxygen atoms in total. The number of carbonyl (C=O) groups excluding carboxylic acids is 1. The van der Waals surface area contributed by atoms with E-state index in [4.69, 9.17) is 4.74 Å². The highest BCUT2D eigenvalue weighted by Gasteiger charge is 2.32. The van der Waals surface area contributed by atoms with Gasteiger partial charge in [-0.1, -0.05) is 48.5 Å². The molecule has 0 saturated carbocycles. The first-order chi connectivity index (χ1) is 16.1. The molecule has 34 heavy (non-hydrogen) atoms. The summed E-state index contributed by atoms with van der Waals surface area (Å²) < 4.78 is 72.1. The van der Waals surface area contributed by atoms with Crippen molar-refractivity contribution in [2.24, 2.45) is 5.10 Å². The quantitative estimate of drug-likeness (QED) is 0.380. The van der Waals surface area contributed by atoms with Crippen molar-refractivity contribution in [3.05, 3.63) is 90.0 Å². The fraction of sp³-hybridized carbons (Fsp3) is 0.130. The second-order valence-corrected chi connectivity index (χ2v) is 8.74. The van der Waals surface area contributed by atoms with Crippen LogP contribution in [0, 0.1) is 0 Å². The first-order valence-electron chi connectivity index (χ1n) is 9.83. The van der Waals surface area contributed by atoms with E-state index in [1.807, 2.05) is 0 Å². The number of methoxy groups -OCH3 is 1. The molecule has 1 N–H and O–H groups in total. The van der Waals surface area contributed by atoms with Gasteiger partial charge in [0.25, 0.3) is 15.9 Å². The predicted molar refractivity (Wildman–Crippen MR) is 121 cm³/mol. The Morgan fingerprint density at radius 1 is 1.00 bits per heavy atom. The molecule has 0 aliphatic rings. The van der Waals surface area contributed by atoms with Gasteiger partial charge in [0, 0.05) is 5.56 Å². The Bertz CT molecular complexity index is 1280. The first kappa shape index (κ1) is 24.8. The standard InChI is InChI=1S/C23H20F3N3O4S/c1-33-21-14-8-7-13-20(21)29(34(31,32)18-10-3-2-4-11-18)16-22(30)28-27-15-17-9-5-6-12-19(17)23(24,25)26/h2-15H,16H2,1H3,(H,28,30)/b27-15+. The number of sulfonamides is 1. The summed E-state index contributed by atoms with van der Waals surface area (Å²) in [7, 11) is -2.84. The van der Waals surface area contributed by atoms with Crippen molar-refractivity contribution in [2.45, 2.75) is 11.1 Å². The molecule has 0 unspecified atom stereocenters. The molecule has 0 bridgehead atoms. The molecule has 0 aliphatic carbocycles. The van der Waals surface area contributed by atoms with Crippen molar-refractivity contribution in [1.82, 2.24) is 5.43 Å². The van der Waals surface area contributed by atoms with Gasteiger partial charge < -0.3 is 4.74 Å². The lowest BCUT2D eigenvalue weighted by atomic mass is 10.1. The van der Waals surface area contributed by atoms with Gasteiger partial charge in [-0.05, 0) is 30.3 Å². The van der Waals surface area contributed by atoms with E-state index in [0.29, 0.717) is 0 Å². The van der Waals surface area contributed by atoms with Crippen molar-refractivity contribution in [2.75, 3.05) is 18.0 Å². The van der Waals surface area contributed by atoms with Crippen molar-refractivity contribution in [3.8, 4) is 5.75 Å². The maximum absolute atomic E-state index is 13.3. The summed E-state index contributed by atoms with van der Waals surface area (Å²) >= 11 is 0. The number of para-hydroxylation sites is 2. The number of ether oxygens (including phenoxy) is 1. The minimum atomic E-state index is -4.60. The van der Waals surface area contributed by atoms with Gasteiger partial charge in [-0.2, -0.15) is 18.3 Å². The van der Waals surface area contributed by atoms with Crippen LogP contribution in [-0.4, -0.2) is 34.2 Å². The molecule has 0 fully saturated rings. The number of carbonyl (C=O) groups is 1. The summed E-state index contributed by atoms with van der Waals surface area (Å²) in [4.78, 5) is 12.5. The van der Waals surface area contributed by atoms with Gasteiger partial charge in [-0.3, -0.25) is 9.10 Å². The van der Waals surface area contributed by atoms with Crippen LogP contribution in [0.15, 0.2) is 88.9 Å². The zero-order chi connectivity index (χ0) is 24.8. The maximum atomic E-state index is 13.3. The summed E-state index contributed by atoms with van der Waals surface area (Å²) in [6.07, 6.45) is -3.75. The van der Waals surface area contributed by atoms with E-state index in [1.165, 1.54) is 61.7 Å². The van der Waals surface area contributed by atoms with Crippen molar-refractivity contribution in [1.29, 1.82) is 0 Å². The molecule has 0 aliphatic heterocycles. The SMILES string of the molecule is COc1ccccc1N(CC(=O)N/N=C/c1ccccc1C(F)(F)F)S(=O)(=O)c1ccccc1. The molecule has 0 spiro atoms. The lowest BCUT2D eigenvalue weighted by molar-refractivity contribution is -0.137. The fourth-order valence-electron chi connectivity index (χ4n) is 3.06. The van der Waals surface area contributed by atoms with Crippen LogP contribution in [0.5, 0.6) is 5.75 Å². The Labute approximate surface area is 194 Å². The van der Waals surface area contributed by atoms with Gasteiger partial charge in [0.1, 0.15) is 12.3 Å². The predicted octanol–water partition coefficient (Wildman–Crippen LogP) is 4.06. The summed E-state index contributed by atoms with van der Waals surface area (Å²) in [5.74, 6) is -0.663. The number of alkyl halides is 3. The van der Waals surface area contributed by atoms with E-state index in [9.17, 15) is 26.4 Å². The molecule has 0 heterocycles. The minimum Gasteiger partial charge on any atom is -0.495 e. The molecule has 0 atom stereocenters. The number of halogens is 3. The van der Waals surface area contributed by atoms with Gasteiger partial charge in [0.2, 0.25) is 0 Å². The number of hydrogen-bond donors (Lipinski definition) is 1. The minimum absolute atomic E-state index is 0.0590. The van der Waals surface area contributed by atoms with Crippen molar-refractivity contribution >= 4 is 27.8 Å². The molecular weight excluding hydrogens is 471 g/mol. The Morgan fingerprint density at radius 2 is 1.62 bits per heavy atom. The smallest absolute Gasteiger partial charge is 0.417 e. The number of anilines is 1. The van der Waals surface area contributed by atoms with Crippen LogP contribution in [0.2, 0.25) is 0 Å². The van der Waals surface area contributed by atoms with Gasteiger partial charge >= 0.3 is 6.18 Å². The number of amides is 1. The van der Waals surface area contributed by atoms with E-state index in [2.05, 4.69) is 10.5 Å². The van der Waals surface area contributed by atoms with E-state index >= 15 is 0 Å². The van der Waals surface area contributed by atoms with Crippen LogP contribution >= 0.6 is 0 Å². The lowest BCUT2D eigenvalue weighted by Crippen LogP contribution is -2.39. The molecule has 178 valence electrons. The number of hydrogen-bond acceptors (Lipinski definition) is 5. The highest BCUT2D eigenvalue weighted by molar-refractivity contribution is 7.92. The molecule has 3 aromatic rings. The molecule has 0 aromatic heterocycles. The zero-order valence-electron chi connectivity index (χ0n) is 17.9. The Balaban J connectivity index is 1.88. The molecule has 0 radical (unpaired) electrons.